The van der Waals surface area contributed by atoms with E-state index in [9.17, 15) is 4.79 Å². The standard InChI is InChI=1S/C16H12ClN5OS/c17-10-6-7-13-12(8-10)14(23)22(11-4-2-1-3-5-11)15(19-13)20-16-21-18-9-24-16/h1-6,8-9,13H,7H2,(H,19,20,21). The molecule has 1 N–H and O–H groups in total. The third kappa shape index (κ3) is 2.72. The summed E-state index contributed by atoms with van der Waals surface area (Å²) in [6, 6.07) is 9.12. The number of para-hydroxylation sites is 1. The van der Waals surface area contributed by atoms with E-state index in [0.29, 0.717) is 28.1 Å². The molecule has 6 nitrogen and oxygen atoms in total. The molecule has 120 valence electrons. The summed E-state index contributed by atoms with van der Waals surface area (Å²) in [5.41, 5.74) is 2.94. The van der Waals surface area contributed by atoms with Crippen LogP contribution in [0.25, 0.3) is 0 Å². The van der Waals surface area contributed by atoms with Gasteiger partial charge < -0.3 is 0 Å². The second kappa shape index (κ2) is 6.18. The predicted octanol–water partition coefficient (Wildman–Crippen LogP) is 3.17. The zero-order chi connectivity index (χ0) is 16.5. The quantitative estimate of drug-likeness (QED) is 0.896. The highest BCUT2D eigenvalue weighted by Crippen LogP contribution is 2.31. The maximum Gasteiger partial charge on any atom is 0.263 e. The first-order chi connectivity index (χ1) is 11.7. The van der Waals surface area contributed by atoms with Gasteiger partial charge in [-0.05, 0) is 24.6 Å². The van der Waals surface area contributed by atoms with Gasteiger partial charge in [0.2, 0.25) is 11.1 Å². The van der Waals surface area contributed by atoms with Crippen LogP contribution >= 0.6 is 22.9 Å². The number of halogens is 1. The van der Waals surface area contributed by atoms with Crippen LogP contribution in [0.3, 0.4) is 0 Å². The third-order valence-electron chi connectivity index (χ3n) is 3.72. The Kier molecular flexibility index (Phi) is 3.87. The van der Waals surface area contributed by atoms with Gasteiger partial charge >= 0.3 is 0 Å². The molecule has 0 bridgehead atoms. The Bertz CT molecular complexity index is 860. The normalized spacial score (nSPS) is 20.0. The molecule has 1 aromatic carbocycles. The number of carbonyl (C=O) groups excluding carboxylic acids is 1. The minimum atomic E-state index is -0.240. The summed E-state index contributed by atoms with van der Waals surface area (Å²) in [7, 11) is 0. The van der Waals surface area contributed by atoms with Crippen molar-refractivity contribution >= 4 is 45.6 Å². The van der Waals surface area contributed by atoms with Gasteiger partial charge in [-0.15, -0.1) is 10.2 Å². The maximum absolute atomic E-state index is 13.1. The second-order valence-electron chi connectivity index (χ2n) is 5.24. The van der Waals surface area contributed by atoms with Crippen molar-refractivity contribution in [2.45, 2.75) is 12.5 Å². The molecule has 2 aromatic rings. The molecule has 1 aliphatic carbocycles. The average Bonchev–Trinajstić information content (AvgIpc) is 3.10. The van der Waals surface area contributed by atoms with E-state index in [1.165, 1.54) is 11.3 Å². The Labute approximate surface area is 147 Å². The lowest BCUT2D eigenvalue weighted by atomic mass is 9.96. The summed E-state index contributed by atoms with van der Waals surface area (Å²) in [6.45, 7) is 0. The SMILES string of the molecule is O=C1C2=CC(Cl)=CCC2N=C(Nc2nncs2)N1c1ccccc1. The van der Waals surface area contributed by atoms with Crippen molar-refractivity contribution in [1.29, 1.82) is 0 Å². The fourth-order valence-electron chi connectivity index (χ4n) is 2.64. The smallest absolute Gasteiger partial charge is 0.263 e. The molecule has 8 heteroatoms. The predicted molar refractivity (Wildman–Crippen MR) is 95.3 cm³/mol. The van der Waals surface area contributed by atoms with Gasteiger partial charge in [0, 0.05) is 10.6 Å². The first-order valence-electron chi connectivity index (χ1n) is 7.30. The monoisotopic (exact) mass is 357 g/mol. The number of carbonyl (C=O) groups is 1. The minimum absolute atomic E-state index is 0.139. The van der Waals surface area contributed by atoms with Crippen LogP contribution in [-0.2, 0) is 4.79 Å². The van der Waals surface area contributed by atoms with E-state index in [0.717, 1.165) is 5.69 Å². The fraction of sp³-hybridized carbons (Fsp3) is 0.125. The van der Waals surface area contributed by atoms with Gasteiger partial charge in [0.1, 0.15) is 5.51 Å². The topological polar surface area (TPSA) is 70.5 Å². The highest BCUT2D eigenvalue weighted by molar-refractivity contribution is 7.13. The Morgan fingerprint density at radius 2 is 2.12 bits per heavy atom. The van der Waals surface area contributed by atoms with E-state index in [4.69, 9.17) is 16.6 Å². The summed E-state index contributed by atoms with van der Waals surface area (Å²) in [6.07, 6.45) is 4.16. The fourth-order valence-corrected chi connectivity index (χ4v) is 3.29. The lowest BCUT2D eigenvalue weighted by molar-refractivity contribution is -0.114. The van der Waals surface area contributed by atoms with Crippen molar-refractivity contribution in [2.24, 2.45) is 4.99 Å². The van der Waals surface area contributed by atoms with Crippen LogP contribution < -0.4 is 10.2 Å². The number of hydrogen-bond acceptors (Lipinski definition) is 6. The molecule has 1 aliphatic heterocycles. The van der Waals surface area contributed by atoms with Crippen molar-refractivity contribution in [3.8, 4) is 0 Å². The number of aromatic nitrogens is 2. The molecule has 0 saturated heterocycles. The zero-order valence-electron chi connectivity index (χ0n) is 12.4. The molecule has 1 aromatic heterocycles. The molecule has 4 rings (SSSR count). The number of hydrogen-bond donors (Lipinski definition) is 1. The van der Waals surface area contributed by atoms with Crippen molar-refractivity contribution in [2.75, 3.05) is 10.2 Å². The lowest BCUT2D eigenvalue weighted by Gasteiger charge is -2.33. The number of guanidine groups is 1. The Hall–Kier alpha value is -2.51. The minimum Gasteiger partial charge on any atom is -0.300 e. The largest absolute Gasteiger partial charge is 0.300 e. The van der Waals surface area contributed by atoms with Crippen LogP contribution in [0.5, 0.6) is 0 Å². The Morgan fingerprint density at radius 3 is 2.88 bits per heavy atom. The number of aliphatic imine (C=N–C) groups is 1. The number of rotatable bonds is 2. The molecular formula is C16H12ClN5OS. The van der Waals surface area contributed by atoms with E-state index in [2.05, 4.69) is 15.5 Å². The van der Waals surface area contributed by atoms with E-state index >= 15 is 0 Å². The first kappa shape index (κ1) is 15.0. The highest BCUT2D eigenvalue weighted by atomic mass is 35.5. The van der Waals surface area contributed by atoms with E-state index in [-0.39, 0.29) is 11.9 Å². The highest BCUT2D eigenvalue weighted by Gasteiger charge is 2.36. The zero-order valence-corrected chi connectivity index (χ0v) is 14.0. The Balaban J connectivity index is 1.79. The maximum atomic E-state index is 13.1. The molecule has 0 fully saturated rings. The summed E-state index contributed by atoms with van der Waals surface area (Å²) in [5.74, 6) is 0.302. The number of fused-ring (bicyclic) bond motifs is 1. The van der Waals surface area contributed by atoms with E-state index < -0.39 is 0 Å². The Morgan fingerprint density at radius 1 is 1.29 bits per heavy atom. The number of amides is 1. The van der Waals surface area contributed by atoms with Gasteiger partial charge in [-0.1, -0.05) is 47.2 Å². The summed E-state index contributed by atoms with van der Waals surface area (Å²) in [4.78, 5) is 19.3. The van der Waals surface area contributed by atoms with Gasteiger partial charge in [-0.25, -0.2) is 9.89 Å². The molecule has 1 atom stereocenters. The lowest BCUT2D eigenvalue weighted by Crippen LogP contribution is -2.48. The molecular weight excluding hydrogens is 346 g/mol. The van der Waals surface area contributed by atoms with Crippen LogP contribution in [0.1, 0.15) is 6.42 Å². The molecule has 2 heterocycles. The van der Waals surface area contributed by atoms with Gasteiger partial charge in [0.15, 0.2) is 0 Å². The number of allylic oxidation sites excluding steroid dienone is 2. The molecule has 0 radical (unpaired) electrons. The second-order valence-corrected chi connectivity index (χ2v) is 6.51. The molecule has 0 saturated carbocycles. The number of nitrogens with zero attached hydrogens (tertiary/aromatic N) is 4. The first-order valence-corrected chi connectivity index (χ1v) is 8.56. The number of nitrogens with one attached hydrogen (secondary N) is 1. The van der Waals surface area contributed by atoms with Crippen molar-refractivity contribution in [3.05, 3.63) is 58.6 Å². The average molecular weight is 358 g/mol. The van der Waals surface area contributed by atoms with Crippen LogP contribution in [0, 0.1) is 0 Å². The van der Waals surface area contributed by atoms with Crippen LogP contribution in [0.4, 0.5) is 10.8 Å². The van der Waals surface area contributed by atoms with Gasteiger partial charge in [-0.3, -0.25) is 10.1 Å². The van der Waals surface area contributed by atoms with E-state index in [1.807, 2.05) is 36.4 Å². The van der Waals surface area contributed by atoms with Crippen molar-refractivity contribution in [1.82, 2.24) is 10.2 Å². The van der Waals surface area contributed by atoms with Crippen LogP contribution in [0.2, 0.25) is 0 Å². The van der Waals surface area contributed by atoms with Crippen LogP contribution in [-0.4, -0.2) is 28.1 Å². The van der Waals surface area contributed by atoms with Crippen molar-refractivity contribution < 1.29 is 4.79 Å². The summed E-state index contributed by atoms with van der Waals surface area (Å²) in [5, 5.41) is 12.0. The molecule has 24 heavy (non-hydrogen) atoms. The van der Waals surface area contributed by atoms with E-state index in [1.54, 1.807) is 16.5 Å². The number of benzene rings is 1. The molecule has 0 spiro atoms. The van der Waals surface area contributed by atoms with Gasteiger partial charge in [0.25, 0.3) is 5.91 Å². The van der Waals surface area contributed by atoms with Crippen molar-refractivity contribution in [3.63, 3.8) is 0 Å². The summed E-state index contributed by atoms with van der Waals surface area (Å²) >= 11 is 7.43. The van der Waals surface area contributed by atoms with Crippen LogP contribution in [0.15, 0.2) is 63.6 Å². The van der Waals surface area contributed by atoms with Gasteiger partial charge in [0.05, 0.1) is 11.7 Å². The third-order valence-corrected chi connectivity index (χ3v) is 4.59. The molecule has 1 amide bonds. The molecule has 1 unspecified atom stereocenters. The summed E-state index contributed by atoms with van der Waals surface area (Å²) < 4.78 is 0. The molecule has 2 aliphatic rings. The van der Waals surface area contributed by atoms with Gasteiger partial charge in [-0.2, -0.15) is 0 Å². The number of anilines is 2.